The molecule has 1 saturated heterocycles. The summed E-state index contributed by atoms with van der Waals surface area (Å²) in [6.45, 7) is 0.333. The van der Waals surface area contributed by atoms with Crippen molar-refractivity contribution in [2.45, 2.75) is 6.54 Å². The maximum atomic E-state index is 12.8. The lowest BCUT2D eigenvalue weighted by atomic mass is 10.0. The molecule has 1 aliphatic rings. The quantitative estimate of drug-likeness (QED) is 0.435. The van der Waals surface area contributed by atoms with E-state index >= 15 is 0 Å². The molecule has 2 amide bonds. The van der Waals surface area contributed by atoms with Crippen LogP contribution in [0.4, 0.5) is 0 Å². The summed E-state index contributed by atoms with van der Waals surface area (Å²) in [5, 5.41) is 2.83. The summed E-state index contributed by atoms with van der Waals surface area (Å²) >= 11 is 6.56. The largest absolute Gasteiger partial charge is 0.350 e. The molecule has 6 heteroatoms. The summed E-state index contributed by atoms with van der Waals surface area (Å²) < 4.78 is 0.395. The van der Waals surface area contributed by atoms with Crippen molar-refractivity contribution in [2.24, 2.45) is 0 Å². The number of nitrogens with zero attached hydrogens (tertiary/aromatic N) is 1. The van der Waals surface area contributed by atoms with Crippen molar-refractivity contribution in [1.29, 1.82) is 0 Å². The van der Waals surface area contributed by atoms with Gasteiger partial charge in [0.2, 0.25) is 5.91 Å². The van der Waals surface area contributed by atoms with E-state index < -0.39 is 0 Å². The van der Waals surface area contributed by atoms with Crippen LogP contribution in [-0.4, -0.2) is 27.6 Å². The minimum absolute atomic E-state index is 0.0816. The molecule has 4 rings (SSSR count). The van der Waals surface area contributed by atoms with Crippen molar-refractivity contribution < 1.29 is 9.59 Å². The highest BCUT2D eigenvalue weighted by Gasteiger charge is 2.33. The maximum absolute atomic E-state index is 12.8. The zero-order valence-corrected chi connectivity index (χ0v) is 18.3. The summed E-state index contributed by atoms with van der Waals surface area (Å²) in [5.41, 5.74) is 4.16. The van der Waals surface area contributed by atoms with Gasteiger partial charge in [0.05, 0.1) is 4.91 Å². The van der Waals surface area contributed by atoms with Gasteiger partial charge in [-0.1, -0.05) is 109 Å². The zero-order valence-electron chi connectivity index (χ0n) is 16.7. The molecule has 0 unspecified atom stereocenters. The molecule has 3 aromatic carbocycles. The zero-order chi connectivity index (χ0) is 21.6. The fourth-order valence-corrected chi connectivity index (χ4v) is 4.44. The third-order valence-electron chi connectivity index (χ3n) is 4.82. The number of hydrogen-bond acceptors (Lipinski definition) is 4. The van der Waals surface area contributed by atoms with Crippen LogP contribution in [0.25, 0.3) is 17.2 Å². The highest BCUT2D eigenvalue weighted by atomic mass is 32.2. The van der Waals surface area contributed by atoms with Crippen LogP contribution < -0.4 is 5.32 Å². The van der Waals surface area contributed by atoms with E-state index in [0.717, 1.165) is 22.3 Å². The lowest BCUT2D eigenvalue weighted by molar-refractivity contribution is -0.128. The minimum atomic E-state index is -0.242. The van der Waals surface area contributed by atoms with Gasteiger partial charge in [-0.25, -0.2) is 0 Å². The third kappa shape index (κ3) is 5.29. The summed E-state index contributed by atoms with van der Waals surface area (Å²) in [7, 11) is 0. The SMILES string of the molecule is O=C(CN1C(=O)/C(=C/c2ccc(-c3ccccc3)cc2)SC1=S)NCc1ccccc1. The van der Waals surface area contributed by atoms with Crippen molar-refractivity contribution in [3.63, 3.8) is 0 Å². The van der Waals surface area contributed by atoms with E-state index in [-0.39, 0.29) is 18.4 Å². The van der Waals surface area contributed by atoms with Crippen LogP contribution >= 0.6 is 24.0 Å². The number of rotatable bonds is 6. The molecule has 3 aromatic rings. The Labute approximate surface area is 191 Å². The highest BCUT2D eigenvalue weighted by Crippen LogP contribution is 2.32. The number of carbonyl (C=O) groups is 2. The van der Waals surface area contributed by atoms with E-state index in [9.17, 15) is 9.59 Å². The fourth-order valence-electron chi connectivity index (χ4n) is 3.19. The van der Waals surface area contributed by atoms with Crippen LogP contribution in [0.3, 0.4) is 0 Å². The number of nitrogens with one attached hydrogen (secondary N) is 1. The average Bonchev–Trinajstić information content (AvgIpc) is 3.07. The van der Waals surface area contributed by atoms with E-state index in [1.165, 1.54) is 16.7 Å². The molecule has 0 aromatic heterocycles. The monoisotopic (exact) mass is 444 g/mol. The van der Waals surface area contributed by atoms with Crippen LogP contribution in [0.15, 0.2) is 89.8 Å². The number of thioether (sulfide) groups is 1. The van der Waals surface area contributed by atoms with Gasteiger partial charge in [0.25, 0.3) is 5.91 Å². The molecule has 0 aliphatic carbocycles. The Balaban J connectivity index is 1.39. The van der Waals surface area contributed by atoms with Gasteiger partial charge in [-0.3, -0.25) is 14.5 Å². The van der Waals surface area contributed by atoms with Crippen LogP contribution in [0.1, 0.15) is 11.1 Å². The van der Waals surface area contributed by atoms with E-state index in [1.54, 1.807) is 0 Å². The van der Waals surface area contributed by atoms with E-state index in [1.807, 2.05) is 78.9 Å². The number of thiocarbonyl (C=S) groups is 1. The Bertz CT molecular complexity index is 1130. The van der Waals surface area contributed by atoms with E-state index in [4.69, 9.17) is 12.2 Å². The van der Waals surface area contributed by atoms with Crippen molar-refractivity contribution in [3.05, 3.63) is 101 Å². The Kier molecular flexibility index (Phi) is 6.60. The smallest absolute Gasteiger partial charge is 0.266 e. The molecule has 1 heterocycles. The third-order valence-corrected chi connectivity index (χ3v) is 6.20. The Morgan fingerprint density at radius 2 is 1.52 bits per heavy atom. The van der Waals surface area contributed by atoms with Crippen molar-refractivity contribution in [3.8, 4) is 11.1 Å². The van der Waals surface area contributed by atoms with Gasteiger partial charge in [-0.2, -0.15) is 0 Å². The first-order chi connectivity index (χ1) is 15.1. The summed E-state index contributed by atoms with van der Waals surface area (Å²) in [6, 6.07) is 27.7. The minimum Gasteiger partial charge on any atom is -0.350 e. The Hall–Kier alpha value is -3.22. The van der Waals surface area contributed by atoms with E-state index in [0.29, 0.717) is 15.8 Å². The number of benzene rings is 3. The molecule has 1 fully saturated rings. The van der Waals surface area contributed by atoms with Gasteiger partial charge in [-0.15, -0.1) is 0 Å². The van der Waals surface area contributed by atoms with Gasteiger partial charge >= 0.3 is 0 Å². The molecular formula is C25H20N2O2S2. The first-order valence-corrected chi connectivity index (χ1v) is 11.0. The molecule has 31 heavy (non-hydrogen) atoms. The molecule has 0 bridgehead atoms. The molecule has 4 nitrogen and oxygen atoms in total. The van der Waals surface area contributed by atoms with Gasteiger partial charge in [0.1, 0.15) is 10.9 Å². The predicted molar refractivity (Wildman–Crippen MR) is 130 cm³/mol. The molecular weight excluding hydrogens is 424 g/mol. The van der Waals surface area contributed by atoms with Crippen LogP contribution in [0.2, 0.25) is 0 Å². The number of amides is 2. The molecule has 0 radical (unpaired) electrons. The summed E-state index contributed by atoms with van der Waals surface area (Å²) in [6.07, 6.45) is 1.82. The lowest BCUT2D eigenvalue weighted by Gasteiger charge is -2.14. The first kappa shape index (κ1) is 21.0. The summed E-state index contributed by atoms with van der Waals surface area (Å²) in [4.78, 5) is 27.0. The number of hydrogen-bond donors (Lipinski definition) is 1. The normalized spacial score (nSPS) is 14.8. The molecule has 154 valence electrons. The highest BCUT2D eigenvalue weighted by molar-refractivity contribution is 8.26. The average molecular weight is 445 g/mol. The molecule has 0 atom stereocenters. The first-order valence-electron chi connectivity index (χ1n) is 9.81. The van der Waals surface area contributed by atoms with Crippen molar-refractivity contribution in [1.82, 2.24) is 10.2 Å². The van der Waals surface area contributed by atoms with E-state index in [2.05, 4.69) is 17.4 Å². The van der Waals surface area contributed by atoms with Gasteiger partial charge in [0.15, 0.2) is 0 Å². The van der Waals surface area contributed by atoms with Crippen LogP contribution in [-0.2, 0) is 16.1 Å². The Morgan fingerprint density at radius 1 is 0.903 bits per heavy atom. The molecule has 1 aliphatic heterocycles. The topological polar surface area (TPSA) is 49.4 Å². The standard InChI is InChI=1S/C25H20N2O2S2/c28-23(26-16-19-7-3-1-4-8-19)17-27-24(29)22(31-25(27)30)15-18-11-13-21(14-12-18)20-9-5-2-6-10-20/h1-15H,16-17H2,(H,26,28)/b22-15-. The second-order valence-corrected chi connectivity index (χ2v) is 8.69. The van der Waals surface area contributed by atoms with Gasteiger partial charge in [0, 0.05) is 6.54 Å². The Morgan fingerprint density at radius 3 is 2.19 bits per heavy atom. The molecule has 1 N–H and O–H groups in total. The fraction of sp³-hybridized carbons (Fsp3) is 0.0800. The van der Waals surface area contributed by atoms with Gasteiger partial charge in [-0.05, 0) is 28.3 Å². The van der Waals surface area contributed by atoms with Crippen LogP contribution in [0.5, 0.6) is 0 Å². The van der Waals surface area contributed by atoms with Crippen LogP contribution in [0, 0.1) is 0 Å². The van der Waals surface area contributed by atoms with Gasteiger partial charge < -0.3 is 5.32 Å². The lowest BCUT2D eigenvalue weighted by Crippen LogP contribution is -2.39. The maximum Gasteiger partial charge on any atom is 0.266 e. The van der Waals surface area contributed by atoms with Crippen molar-refractivity contribution in [2.75, 3.05) is 6.54 Å². The second kappa shape index (κ2) is 9.73. The number of carbonyl (C=O) groups excluding carboxylic acids is 2. The summed E-state index contributed by atoms with van der Waals surface area (Å²) in [5.74, 6) is -0.481. The molecule has 0 spiro atoms. The predicted octanol–water partition coefficient (Wildman–Crippen LogP) is 4.87. The second-order valence-electron chi connectivity index (χ2n) is 7.02. The molecule has 0 saturated carbocycles. The van der Waals surface area contributed by atoms with Crippen molar-refractivity contribution >= 4 is 46.2 Å².